The van der Waals surface area contributed by atoms with Crippen LogP contribution < -0.4 is 20.6 Å². The van der Waals surface area contributed by atoms with Crippen molar-refractivity contribution in [3.05, 3.63) is 71.3 Å². The largest absolute Gasteiger partial charge is 0.490 e. The quantitative estimate of drug-likeness (QED) is 0.499. The molecule has 9 nitrogen and oxygen atoms in total. The average molecular weight is 481 g/mol. The number of rotatable bonds is 5. The first-order chi connectivity index (χ1) is 16.2. The van der Waals surface area contributed by atoms with Crippen molar-refractivity contribution < 1.29 is 22.7 Å². The molecule has 1 aliphatic rings. The van der Waals surface area contributed by atoms with E-state index in [9.17, 15) is 18.0 Å². The van der Waals surface area contributed by atoms with E-state index in [1.165, 1.54) is 29.0 Å². The summed E-state index contributed by atoms with van der Waals surface area (Å²) in [6, 6.07) is 12.7. The molecule has 0 N–H and O–H groups in total. The van der Waals surface area contributed by atoms with Crippen molar-refractivity contribution in [1.29, 1.82) is 0 Å². The van der Waals surface area contributed by atoms with Crippen LogP contribution in [0.4, 0.5) is 4.79 Å². The minimum absolute atomic E-state index is 0.130. The third kappa shape index (κ3) is 5.66. The minimum Gasteiger partial charge on any atom is -0.490 e. The topological polar surface area (TPSA) is 108 Å². The van der Waals surface area contributed by atoms with Crippen molar-refractivity contribution in [2.75, 3.05) is 19.3 Å². The van der Waals surface area contributed by atoms with Crippen LogP contribution in [0.3, 0.4) is 0 Å². The van der Waals surface area contributed by atoms with Crippen LogP contribution >= 0.6 is 0 Å². The highest BCUT2D eigenvalue weighted by Gasteiger charge is 2.25. The van der Waals surface area contributed by atoms with Crippen molar-refractivity contribution >= 4 is 29.4 Å². The molecule has 2 aromatic heterocycles. The fourth-order valence-electron chi connectivity index (χ4n) is 3.63. The van der Waals surface area contributed by atoms with Gasteiger partial charge in [0.05, 0.1) is 11.1 Å². The van der Waals surface area contributed by atoms with Crippen molar-refractivity contribution in [3.8, 4) is 17.2 Å². The molecule has 34 heavy (non-hydrogen) atoms. The summed E-state index contributed by atoms with van der Waals surface area (Å²) < 4.78 is 36.0. The lowest BCUT2D eigenvalue weighted by atomic mass is 10.0. The van der Waals surface area contributed by atoms with Gasteiger partial charge in [-0.25, -0.2) is 13.2 Å². The zero-order valence-corrected chi connectivity index (χ0v) is 19.7. The van der Waals surface area contributed by atoms with E-state index >= 15 is 0 Å². The Morgan fingerprint density at radius 2 is 1.76 bits per heavy atom. The fraction of sp³-hybridized carbons (Fsp3) is 0.261. The molecule has 1 amide bonds. The monoisotopic (exact) mass is 481 g/mol. The predicted molar refractivity (Wildman–Crippen MR) is 129 cm³/mol. The molecule has 0 radical (unpaired) electrons. The smallest absolute Gasteiger partial charge is 0.415 e. The first-order valence-electron chi connectivity index (χ1n) is 10.8. The molecule has 1 fully saturated rings. The van der Waals surface area contributed by atoms with Crippen LogP contribution in [0.25, 0.3) is 5.69 Å². The highest BCUT2D eigenvalue weighted by Crippen LogP contribution is 2.20. The molecule has 11 heteroatoms. The van der Waals surface area contributed by atoms with Crippen molar-refractivity contribution in [2.45, 2.75) is 23.8 Å². The highest BCUT2D eigenvalue weighted by atomic mass is 32.2. The zero-order valence-electron chi connectivity index (χ0n) is 18.9. The molecule has 4 rings (SSSR count). The van der Waals surface area contributed by atoms with Crippen LogP contribution in [0.1, 0.15) is 12.8 Å². The highest BCUT2D eigenvalue weighted by molar-refractivity contribution is 7.90. The van der Waals surface area contributed by atoms with E-state index in [2.05, 4.69) is 4.98 Å². The molecule has 0 bridgehead atoms. The normalized spacial score (nSPS) is 14.6. The number of benzene rings is 1. The van der Waals surface area contributed by atoms with E-state index in [0.717, 1.165) is 11.8 Å². The Bertz CT molecular complexity index is 1330. The SMILES string of the molecule is Bc1ccc(OC(=O)N2CCC(Oc3ccn(-c4ccc(S(C)(=O)=O)cc4)c(=O)c3)CC2)cn1. The van der Waals surface area contributed by atoms with Gasteiger partial charge in [-0.3, -0.25) is 14.3 Å². The lowest BCUT2D eigenvalue weighted by Crippen LogP contribution is -2.43. The number of nitrogens with zero attached hydrogens (tertiary/aromatic N) is 3. The van der Waals surface area contributed by atoms with Gasteiger partial charge in [0.25, 0.3) is 5.56 Å². The van der Waals surface area contributed by atoms with Gasteiger partial charge >= 0.3 is 6.09 Å². The summed E-state index contributed by atoms with van der Waals surface area (Å²) in [6.07, 6.45) is 4.91. The van der Waals surface area contributed by atoms with Crippen LogP contribution in [0.2, 0.25) is 0 Å². The second-order valence-corrected chi connectivity index (χ2v) is 10.2. The first-order valence-corrected chi connectivity index (χ1v) is 12.7. The van der Waals surface area contributed by atoms with Gasteiger partial charge in [-0.05, 0) is 48.1 Å². The van der Waals surface area contributed by atoms with E-state index in [4.69, 9.17) is 9.47 Å². The molecule has 176 valence electrons. The molecule has 1 aliphatic heterocycles. The van der Waals surface area contributed by atoms with Gasteiger partial charge in [0.15, 0.2) is 23.4 Å². The minimum atomic E-state index is -3.30. The number of hydrogen-bond acceptors (Lipinski definition) is 7. The molecule has 3 heterocycles. The third-order valence-electron chi connectivity index (χ3n) is 5.53. The second-order valence-electron chi connectivity index (χ2n) is 8.14. The zero-order chi connectivity index (χ0) is 24.3. The van der Waals surface area contributed by atoms with E-state index in [1.807, 2.05) is 7.85 Å². The predicted octanol–water partition coefficient (Wildman–Crippen LogP) is 0.937. The molecule has 0 aliphatic carbocycles. The van der Waals surface area contributed by atoms with Gasteiger partial charge in [-0.2, -0.15) is 0 Å². The standard InChI is InChI=1S/C23H24BN3O6S/c1-34(30,31)20-5-2-16(3-6-20)27-13-10-18(14-22(27)28)32-17-8-11-26(12-9-17)23(29)33-19-4-7-21(24)25-15-19/h2-7,10,13-15,17H,8-9,11-12,24H2,1H3. The summed E-state index contributed by atoms with van der Waals surface area (Å²) in [7, 11) is -1.45. The maximum atomic E-state index is 12.6. The molecule has 1 aromatic carbocycles. The second kappa shape index (κ2) is 9.72. The van der Waals surface area contributed by atoms with Gasteiger partial charge in [-0.15, -0.1) is 0 Å². The molecule has 0 atom stereocenters. The van der Waals surface area contributed by atoms with Gasteiger partial charge in [-0.1, -0.05) is 0 Å². The number of likely N-dealkylation sites (tertiary alicyclic amines) is 1. The summed E-state index contributed by atoms with van der Waals surface area (Å²) in [5.74, 6) is 0.848. The molecular weight excluding hydrogens is 457 g/mol. The number of sulfone groups is 1. The Labute approximate surface area is 198 Å². The van der Waals surface area contributed by atoms with E-state index in [1.54, 1.807) is 41.4 Å². The number of carbonyl (C=O) groups is 1. The van der Waals surface area contributed by atoms with E-state index in [0.29, 0.717) is 43.1 Å². The Hall–Kier alpha value is -3.60. The Morgan fingerprint density at radius 1 is 1.06 bits per heavy atom. The van der Waals surface area contributed by atoms with Crippen molar-refractivity contribution in [3.63, 3.8) is 0 Å². The first kappa shape index (κ1) is 23.6. The molecule has 3 aromatic rings. The molecule has 0 saturated carbocycles. The maximum absolute atomic E-state index is 12.6. The number of pyridine rings is 2. The molecule has 1 saturated heterocycles. The number of hydrogen-bond donors (Lipinski definition) is 0. The molecule has 0 unspecified atom stereocenters. The Balaban J connectivity index is 1.33. The van der Waals surface area contributed by atoms with Gasteiger partial charge in [0.1, 0.15) is 11.9 Å². The summed E-state index contributed by atoms with van der Waals surface area (Å²) >= 11 is 0. The van der Waals surface area contributed by atoms with Crippen LogP contribution in [0, 0.1) is 0 Å². The van der Waals surface area contributed by atoms with E-state index in [-0.39, 0.29) is 16.6 Å². The van der Waals surface area contributed by atoms with Gasteiger partial charge in [0.2, 0.25) is 0 Å². The average Bonchev–Trinajstić information content (AvgIpc) is 2.81. The lowest BCUT2D eigenvalue weighted by molar-refractivity contribution is 0.0928. The number of piperidine rings is 1. The summed E-state index contributed by atoms with van der Waals surface area (Å²) in [5.41, 5.74) is 1.10. The van der Waals surface area contributed by atoms with Crippen LogP contribution in [-0.4, -0.2) is 62.3 Å². The fourth-order valence-corrected chi connectivity index (χ4v) is 4.26. The number of amides is 1. The van der Waals surface area contributed by atoms with Crippen LogP contribution in [0.15, 0.2) is 70.6 Å². The maximum Gasteiger partial charge on any atom is 0.415 e. The number of carbonyl (C=O) groups excluding carboxylic acids is 1. The Morgan fingerprint density at radius 3 is 2.35 bits per heavy atom. The van der Waals surface area contributed by atoms with Crippen LogP contribution in [-0.2, 0) is 9.84 Å². The summed E-state index contributed by atoms with van der Waals surface area (Å²) in [5, 5.41) is 0. The van der Waals surface area contributed by atoms with Gasteiger partial charge in [0, 0.05) is 50.1 Å². The van der Waals surface area contributed by atoms with E-state index < -0.39 is 15.9 Å². The van der Waals surface area contributed by atoms with Crippen molar-refractivity contribution in [1.82, 2.24) is 14.5 Å². The van der Waals surface area contributed by atoms with Crippen molar-refractivity contribution in [2.24, 2.45) is 0 Å². The van der Waals surface area contributed by atoms with Crippen LogP contribution in [0.5, 0.6) is 11.5 Å². The summed E-state index contributed by atoms with van der Waals surface area (Å²) in [4.78, 5) is 30.9. The number of ether oxygens (including phenoxy) is 2. The molecule has 0 spiro atoms. The third-order valence-corrected chi connectivity index (χ3v) is 6.65. The molecular formula is C23H24BN3O6S. The number of aromatic nitrogens is 2. The Kier molecular flexibility index (Phi) is 6.74. The van der Waals surface area contributed by atoms with Gasteiger partial charge < -0.3 is 14.4 Å². The summed E-state index contributed by atoms with van der Waals surface area (Å²) in [6.45, 7) is 0.957. The lowest BCUT2D eigenvalue weighted by Gasteiger charge is -2.31.